The predicted octanol–water partition coefficient (Wildman–Crippen LogP) is 3.11. The summed E-state index contributed by atoms with van der Waals surface area (Å²) in [6, 6.07) is 4.94. The van der Waals surface area contributed by atoms with E-state index in [1.54, 1.807) is 6.07 Å². The van der Waals surface area contributed by atoms with Crippen molar-refractivity contribution in [1.82, 2.24) is 0 Å². The Kier molecular flexibility index (Phi) is 3.68. The first kappa shape index (κ1) is 16.2. The lowest BCUT2D eigenvalue weighted by molar-refractivity contribution is -0.380. The third-order valence-corrected chi connectivity index (χ3v) is 5.25. The van der Waals surface area contributed by atoms with E-state index in [1.165, 1.54) is 6.07 Å². The number of carbonyl (C=O) groups excluding carboxylic acids is 1. The van der Waals surface area contributed by atoms with Gasteiger partial charge in [-0.25, -0.2) is 0 Å². The summed E-state index contributed by atoms with van der Waals surface area (Å²) < 4.78 is 5.57. The summed E-state index contributed by atoms with van der Waals surface area (Å²) in [6.45, 7) is 3.92. The summed E-state index contributed by atoms with van der Waals surface area (Å²) in [5.74, 6) is -0.375. The number of allylic oxidation sites excluding steroid dienone is 3. The number of rotatable bonds is 2. The molecule has 124 valence electrons. The molecule has 1 aliphatic carbocycles. The van der Waals surface area contributed by atoms with Crippen LogP contribution in [-0.4, -0.2) is 10.7 Å². The summed E-state index contributed by atoms with van der Waals surface area (Å²) in [5, 5.41) is 20.4. The molecule has 0 saturated carbocycles. The van der Waals surface area contributed by atoms with Gasteiger partial charge in [0.05, 0.1) is 10.8 Å². The quantitative estimate of drug-likeness (QED) is 0.649. The van der Waals surface area contributed by atoms with Crippen LogP contribution in [-0.2, 0) is 9.53 Å². The van der Waals surface area contributed by atoms with Gasteiger partial charge in [-0.1, -0.05) is 25.2 Å². The fraction of sp³-hybridized carbons (Fsp3) is 0.375. The van der Waals surface area contributed by atoms with E-state index in [0.717, 1.165) is 11.3 Å². The number of nitriles is 1. The van der Waals surface area contributed by atoms with Crippen LogP contribution < -0.4 is 5.73 Å². The Balaban J connectivity index is 2.16. The molecule has 1 aromatic heterocycles. The fourth-order valence-corrected chi connectivity index (χ4v) is 4.11. The van der Waals surface area contributed by atoms with Crippen LogP contribution in [0.4, 0.5) is 5.00 Å². The minimum absolute atomic E-state index is 0.0391. The average Bonchev–Trinajstić information content (AvgIpc) is 2.94. The highest BCUT2D eigenvalue weighted by Crippen LogP contribution is 2.49. The average molecular weight is 345 g/mol. The first-order chi connectivity index (χ1) is 11.2. The molecular weight excluding hydrogens is 330 g/mol. The molecule has 3 rings (SSSR count). The molecule has 0 amide bonds. The van der Waals surface area contributed by atoms with Crippen LogP contribution in [0.1, 0.15) is 37.5 Å². The maximum atomic E-state index is 12.7. The summed E-state index contributed by atoms with van der Waals surface area (Å²) in [4.78, 5) is 23.7. The van der Waals surface area contributed by atoms with Gasteiger partial charge in [0.25, 0.3) is 0 Å². The van der Waals surface area contributed by atoms with Gasteiger partial charge in [0, 0.05) is 29.4 Å². The van der Waals surface area contributed by atoms with Gasteiger partial charge in [-0.15, -0.1) is 0 Å². The molecule has 7 nitrogen and oxygen atoms in total. The van der Waals surface area contributed by atoms with Gasteiger partial charge in [0.1, 0.15) is 17.4 Å². The topological polar surface area (TPSA) is 119 Å². The van der Waals surface area contributed by atoms with Crippen molar-refractivity contribution in [2.45, 2.75) is 32.6 Å². The molecule has 1 aliphatic heterocycles. The monoisotopic (exact) mass is 345 g/mol. The van der Waals surface area contributed by atoms with Crippen LogP contribution in [0.2, 0.25) is 0 Å². The molecule has 0 spiro atoms. The lowest BCUT2D eigenvalue weighted by Gasteiger charge is -2.36. The van der Waals surface area contributed by atoms with E-state index >= 15 is 0 Å². The molecular formula is C16H15N3O4S. The number of carbonyl (C=O) groups is 1. The number of ketones is 1. The van der Waals surface area contributed by atoms with Gasteiger partial charge in [0.2, 0.25) is 5.88 Å². The van der Waals surface area contributed by atoms with E-state index in [0.29, 0.717) is 29.1 Å². The lowest BCUT2D eigenvalue weighted by atomic mass is 9.71. The SMILES string of the molecule is CC1(C)CC(=O)C2=C(C1)OC(N)=C(C#N)[C@@H]2c1ccc([N+](=O)[O-])s1. The molecule has 0 aromatic carbocycles. The van der Waals surface area contributed by atoms with Gasteiger partial charge >= 0.3 is 5.00 Å². The van der Waals surface area contributed by atoms with Crippen LogP contribution in [0.25, 0.3) is 0 Å². The summed E-state index contributed by atoms with van der Waals surface area (Å²) >= 11 is 0.944. The van der Waals surface area contributed by atoms with Crippen molar-refractivity contribution in [3.05, 3.63) is 49.9 Å². The molecule has 2 aliphatic rings. The van der Waals surface area contributed by atoms with Crippen molar-refractivity contribution in [1.29, 1.82) is 5.26 Å². The highest BCUT2D eigenvalue weighted by Gasteiger charge is 2.43. The molecule has 8 heteroatoms. The Morgan fingerprint density at radius 1 is 1.46 bits per heavy atom. The van der Waals surface area contributed by atoms with Crippen molar-refractivity contribution >= 4 is 22.1 Å². The third kappa shape index (κ3) is 2.57. The Morgan fingerprint density at radius 2 is 2.17 bits per heavy atom. The number of thiophene rings is 1. The highest BCUT2D eigenvalue weighted by atomic mass is 32.1. The standard InChI is InChI=1S/C16H15N3O4S/c1-16(2)5-9(20)14-10(6-16)23-15(18)8(7-17)13(14)11-3-4-12(24-11)19(21)22/h3-4,13H,5-6,18H2,1-2H3/t13-/m1/s1. The Hall–Kier alpha value is -2.66. The first-order valence-corrected chi connectivity index (χ1v) is 8.13. The van der Waals surface area contributed by atoms with E-state index in [1.807, 2.05) is 19.9 Å². The van der Waals surface area contributed by atoms with E-state index in [-0.39, 0.29) is 27.7 Å². The minimum atomic E-state index is -0.693. The lowest BCUT2D eigenvalue weighted by Crippen LogP contribution is -2.33. The number of nitrogens with zero attached hydrogens (tertiary/aromatic N) is 2. The van der Waals surface area contributed by atoms with Crippen LogP contribution in [0.3, 0.4) is 0 Å². The normalized spacial score (nSPS) is 22.7. The predicted molar refractivity (Wildman–Crippen MR) is 86.7 cm³/mol. The molecule has 0 radical (unpaired) electrons. The Labute approximate surface area is 142 Å². The van der Waals surface area contributed by atoms with Crippen molar-refractivity contribution in [2.24, 2.45) is 11.1 Å². The molecule has 0 bridgehead atoms. The van der Waals surface area contributed by atoms with Gasteiger partial charge in [0.15, 0.2) is 5.78 Å². The molecule has 0 fully saturated rings. The van der Waals surface area contributed by atoms with E-state index in [2.05, 4.69) is 0 Å². The minimum Gasteiger partial charge on any atom is -0.444 e. The van der Waals surface area contributed by atoms with Gasteiger partial charge in [-0.05, 0) is 11.5 Å². The Morgan fingerprint density at radius 3 is 2.75 bits per heavy atom. The molecule has 2 heterocycles. The molecule has 1 atom stereocenters. The molecule has 1 aromatic rings. The van der Waals surface area contributed by atoms with Gasteiger partial charge in [-0.2, -0.15) is 5.26 Å². The molecule has 0 unspecified atom stereocenters. The van der Waals surface area contributed by atoms with Crippen molar-refractivity contribution < 1.29 is 14.5 Å². The number of hydrogen-bond donors (Lipinski definition) is 1. The van der Waals surface area contributed by atoms with E-state index in [4.69, 9.17) is 10.5 Å². The fourth-order valence-electron chi connectivity index (χ4n) is 3.16. The van der Waals surface area contributed by atoms with Crippen LogP contribution in [0.5, 0.6) is 0 Å². The number of hydrogen-bond acceptors (Lipinski definition) is 7. The second-order valence-corrected chi connectivity index (χ2v) is 7.73. The number of ether oxygens (including phenoxy) is 1. The molecule has 2 N–H and O–H groups in total. The number of Topliss-reactive ketones (excluding diaryl/α,β-unsaturated/α-hetero) is 1. The number of nitrogens with two attached hydrogens (primary N) is 1. The van der Waals surface area contributed by atoms with Crippen LogP contribution >= 0.6 is 11.3 Å². The second kappa shape index (κ2) is 5.46. The molecule has 24 heavy (non-hydrogen) atoms. The highest BCUT2D eigenvalue weighted by molar-refractivity contribution is 7.15. The first-order valence-electron chi connectivity index (χ1n) is 7.31. The zero-order valence-corrected chi connectivity index (χ0v) is 14.0. The third-order valence-electron chi connectivity index (χ3n) is 4.15. The number of nitro groups is 1. The zero-order valence-electron chi connectivity index (χ0n) is 13.2. The second-order valence-electron chi connectivity index (χ2n) is 6.64. The summed E-state index contributed by atoms with van der Waals surface area (Å²) in [7, 11) is 0. The maximum absolute atomic E-state index is 12.7. The molecule has 0 saturated heterocycles. The summed E-state index contributed by atoms with van der Waals surface area (Å²) in [6.07, 6.45) is 0.856. The van der Waals surface area contributed by atoms with Crippen LogP contribution in [0, 0.1) is 26.9 Å². The Bertz CT molecular complexity index is 857. The largest absolute Gasteiger partial charge is 0.444 e. The van der Waals surface area contributed by atoms with Crippen molar-refractivity contribution in [3.63, 3.8) is 0 Å². The van der Waals surface area contributed by atoms with Crippen LogP contribution in [0.15, 0.2) is 34.9 Å². The van der Waals surface area contributed by atoms with Crippen molar-refractivity contribution in [3.8, 4) is 6.07 Å². The van der Waals surface area contributed by atoms with Gasteiger partial charge in [-0.3, -0.25) is 14.9 Å². The van der Waals surface area contributed by atoms with Crippen molar-refractivity contribution in [2.75, 3.05) is 0 Å². The van der Waals surface area contributed by atoms with E-state index in [9.17, 15) is 20.2 Å². The summed E-state index contributed by atoms with van der Waals surface area (Å²) in [5.41, 5.74) is 6.15. The van der Waals surface area contributed by atoms with E-state index < -0.39 is 10.8 Å². The maximum Gasteiger partial charge on any atom is 0.324 e. The van der Waals surface area contributed by atoms with Gasteiger partial charge < -0.3 is 10.5 Å². The zero-order chi connectivity index (χ0) is 17.6. The smallest absolute Gasteiger partial charge is 0.324 e.